The van der Waals surface area contributed by atoms with Crippen molar-refractivity contribution >= 4 is 5.78 Å². The van der Waals surface area contributed by atoms with Gasteiger partial charge in [0.25, 0.3) is 0 Å². The zero-order valence-corrected chi connectivity index (χ0v) is 11.4. The molecule has 1 saturated carbocycles. The number of rotatable bonds is 5. The number of ketones is 1. The van der Waals surface area contributed by atoms with Crippen molar-refractivity contribution in [2.75, 3.05) is 0 Å². The normalized spacial score (nSPS) is 15.0. The van der Waals surface area contributed by atoms with Crippen molar-refractivity contribution in [3.63, 3.8) is 0 Å². The third-order valence-electron chi connectivity index (χ3n) is 3.34. The number of hydrogen-bond donors (Lipinski definition) is 0. The van der Waals surface area contributed by atoms with E-state index in [0.717, 1.165) is 18.6 Å². The lowest BCUT2D eigenvalue weighted by Crippen LogP contribution is -2.12. The molecular weight excluding hydrogens is 264 g/mol. The van der Waals surface area contributed by atoms with Gasteiger partial charge in [-0.15, -0.1) is 0 Å². The Hall–Kier alpha value is -2.67. The summed E-state index contributed by atoms with van der Waals surface area (Å²) < 4.78 is 5.64. The lowest BCUT2D eigenvalue weighted by Gasteiger charge is -2.09. The molecule has 4 heteroatoms. The fourth-order valence-electron chi connectivity index (χ4n) is 2.05. The molecule has 0 bridgehead atoms. The molecule has 0 aliphatic heterocycles. The minimum absolute atomic E-state index is 0.242. The molecule has 1 aliphatic carbocycles. The van der Waals surface area contributed by atoms with Gasteiger partial charge >= 0.3 is 0 Å². The lowest BCUT2D eigenvalue weighted by atomic mass is 9.95. The summed E-state index contributed by atoms with van der Waals surface area (Å²) in [5, 5.41) is 9.26. The number of nitriles is 1. The average molecular weight is 278 g/mol. The molecule has 1 atom stereocenters. The van der Waals surface area contributed by atoms with Gasteiger partial charge in [-0.2, -0.15) is 5.26 Å². The number of carbonyl (C=O) groups excluding carboxylic acids is 1. The molecule has 0 amide bonds. The predicted octanol–water partition coefficient (Wildman–Crippen LogP) is 3.11. The van der Waals surface area contributed by atoms with Crippen LogP contribution >= 0.6 is 0 Å². The number of carbonyl (C=O) groups is 1. The zero-order chi connectivity index (χ0) is 14.7. The first kappa shape index (κ1) is 13.3. The molecule has 2 aromatic rings. The van der Waals surface area contributed by atoms with Gasteiger partial charge in [0.05, 0.1) is 17.9 Å². The molecule has 0 saturated heterocycles. The Morgan fingerprint density at radius 2 is 2.00 bits per heavy atom. The lowest BCUT2D eigenvalue weighted by molar-refractivity contribution is 0.0977. The van der Waals surface area contributed by atoms with E-state index in [1.807, 2.05) is 6.07 Å². The molecule has 1 aromatic heterocycles. The van der Waals surface area contributed by atoms with Gasteiger partial charge in [-0.3, -0.25) is 9.78 Å². The van der Waals surface area contributed by atoms with Gasteiger partial charge in [-0.25, -0.2) is 0 Å². The molecule has 0 spiro atoms. The Kier molecular flexibility index (Phi) is 3.65. The molecule has 1 aromatic carbocycles. The molecule has 0 N–H and O–H groups in total. The number of ether oxygens (including phenoxy) is 1. The van der Waals surface area contributed by atoms with Gasteiger partial charge in [-0.05, 0) is 49.2 Å². The van der Waals surface area contributed by atoms with Gasteiger partial charge in [-0.1, -0.05) is 6.07 Å². The Bertz CT molecular complexity index is 670. The standard InChI is InChI=1S/C17H14N2O2/c18-11-15(16-3-1-2-10-19-16)17(20)12-4-6-13(7-5-12)21-14-8-9-14/h1-7,10,14-15H,8-9H2. The highest BCUT2D eigenvalue weighted by molar-refractivity contribution is 6.02. The fourth-order valence-corrected chi connectivity index (χ4v) is 2.05. The number of hydrogen-bond acceptors (Lipinski definition) is 4. The van der Waals surface area contributed by atoms with Crippen molar-refractivity contribution in [1.29, 1.82) is 5.26 Å². The molecule has 0 radical (unpaired) electrons. The van der Waals surface area contributed by atoms with Crippen molar-refractivity contribution in [2.24, 2.45) is 0 Å². The minimum atomic E-state index is -0.874. The van der Waals surface area contributed by atoms with E-state index in [2.05, 4.69) is 4.98 Å². The van der Waals surface area contributed by atoms with E-state index in [-0.39, 0.29) is 5.78 Å². The van der Waals surface area contributed by atoms with Crippen molar-refractivity contribution in [2.45, 2.75) is 24.9 Å². The van der Waals surface area contributed by atoms with Crippen LogP contribution in [0.25, 0.3) is 0 Å². The zero-order valence-electron chi connectivity index (χ0n) is 11.4. The first-order valence-electron chi connectivity index (χ1n) is 6.89. The first-order chi connectivity index (χ1) is 10.3. The van der Waals surface area contributed by atoms with Crippen LogP contribution in [0.15, 0.2) is 48.7 Å². The maximum absolute atomic E-state index is 12.4. The van der Waals surface area contributed by atoms with Crippen LogP contribution in [0.4, 0.5) is 0 Å². The third kappa shape index (κ3) is 3.09. The third-order valence-corrected chi connectivity index (χ3v) is 3.34. The summed E-state index contributed by atoms with van der Waals surface area (Å²) in [6.45, 7) is 0. The van der Waals surface area contributed by atoms with E-state index in [0.29, 0.717) is 17.4 Å². The quantitative estimate of drug-likeness (QED) is 0.788. The van der Waals surface area contributed by atoms with Crippen LogP contribution in [-0.4, -0.2) is 16.9 Å². The Balaban J connectivity index is 1.78. The Morgan fingerprint density at radius 3 is 2.57 bits per heavy atom. The topological polar surface area (TPSA) is 63.0 Å². The second-order valence-electron chi connectivity index (χ2n) is 5.02. The van der Waals surface area contributed by atoms with E-state index in [1.165, 1.54) is 0 Å². The SMILES string of the molecule is N#CC(C(=O)c1ccc(OC2CC2)cc1)c1ccccn1. The number of aromatic nitrogens is 1. The van der Waals surface area contributed by atoms with Gasteiger partial charge in [0, 0.05) is 11.8 Å². The van der Waals surface area contributed by atoms with Crippen LogP contribution < -0.4 is 4.74 Å². The highest BCUT2D eigenvalue weighted by Crippen LogP contribution is 2.27. The molecule has 4 nitrogen and oxygen atoms in total. The molecule has 1 fully saturated rings. The van der Waals surface area contributed by atoms with Crippen molar-refractivity contribution in [3.8, 4) is 11.8 Å². The maximum Gasteiger partial charge on any atom is 0.186 e. The fraction of sp³-hybridized carbons (Fsp3) is 0.235. The highest BCUT2D eigenvalue weighted by Gasteiger charge is 2.25. The van der Waals surface area contributed by atoms with Gasteiger partial charge < -0.3 is 4.74 Å². The summed E-state index contributed by atoms with van der Waals surface area (Å²) in [6, 6.07) is 14.2. The summed E-state index contributed by atoms with van der Waals surface area (Å²) in [7, 11) is 0. The first-order valence-corrected chi connectivity index (χ1v) is 6.89. The van der Waals surface area contributed by atoms with Gasteiger partial charge in [0.15, 0.2) is 11.7 Å². The summed E-state index contributed by atoms with van der Waals surface area (Å²) in [4.78, 5) is 16.5. The summed E-state index contributed by atoms with van der Waals surface area (Å²) in [5.41, 5.74) is 0.971. The van der Waals surface area contributed by atoms with E-state index >= 15 is 0 Å². The number of pyridine rings is 1. The molecular formula is C17H14N2O2. The smallest absolute Gasteiger partial charge is 0.186 e. The average Bonchev–Trinajstić information content (AvgIpc) is 3.34. The van der Waals surface area contributed by atoms with Crippen molar-refractivity contribution in [3.05, 3.63) is 59.9 Å². The van der Waals surface area contributed by atoms with Crippen LogP contribution in [0.2, 0.25) is 0 Å². The molecule has 104 valence electrons. The summed E-state index contributed by atoms with van der Waals surface area (Å²) in [6.07, 6.45) is 4.10. The number of Topliss-reactive ketones (excluding diaryl/α,β-unsaturated/α-hetero) is 1. The summed E-state index contributed by atoms with van der Waals surface area (Å²) >= 11 is 0. The molecule has 1 unspecified atom stereocenters. The maximum atomic E-state index is 12.4. The predicted molar refractivity (Wildman–Crippen MR) is 77.0 cm³/mol. The molecule has 21 heavy (non-hydrogen) atoms. The minimum Gasteiger partial charge on any atom is -0.490 e. The van der Waals surface area contributed by atoms with Crippen LogP contribution in [0, 0.1) is 11.3 Å². The van der Waals surface area contributed by atoms with Crippen LogP contribution in [0.5, 0.6) is 5.75 Å². The molecule has 1 aliphatic rings. The molecule has 3 rings (SSSR count). The van der Waals surface area contributed by atoms with E-state index < -0.39 is 5.92 Å². The number of nitrogens with zero attached hydrogens (tertiary/aromatic N) is 2. The second kappa shape index (κ2) is 5.76. The monoisotopic (exact) mass is 278 g/mol. The highest BCUT2D eigenvalue weighted by atomic mass is 16.5. The van der Waals surface area contributed by atoms with Crippen molar-refractivity contribution < 1.29 is 9.53 Å². The molecule has 1 heterocycles. The van der Waals surface area contributed by atoms with E-state index in [4.69, 9.17) is 4.74 Å². The van der Waals surface area contributed by atoms with E-state index in [1.54, 1.807) is 48.7 Å². The number of benzene rings is 1. The Morgan fingerprint density at radius 1 is 1.24 bits per heavy atom. The second-order valence-corrected chi connectivity index (χ2v) is 5.02. The van der Waals surface area contributed by atoms with Crippen molar-refractivity contribution in [1.82, 2.24) is 4.98 Å². The van der Waals surface area contributed by atoms with Gasteiger partial charge in [0.1, 0.15) is 5.75 Å². The van der Waals surface area contributed by atoms with Crippen LogP contribution in [0.3, 0.4) is 0 Å². The summed E-state index contributed by atoms with van der Waals surface area (Å²) in [5.74, 6) is -0.351. The Labute approximate surface area is 123 Å². The van der Waals surface area contributed by atoms with Crippen LogP contribution in [0.1, 0.15) is 34.8 Å². The van der Waals surface area contributed by atoms with E-state index in [9.17, 15) is 10.1 Å². The van der Waals surface area contributed by atoms with Crippen LogP contribution in [-0.2, 0) is 0 Å². The largest absolute Gasteiger partial charge is 0.490 e. The van der Waals surface area contributed by atoms with Gasteiger partial charge in [0.2, 0.25) is 0 Å².